The Labute approximate surface area is 415 Å². The first-order chi connectivity index (χ1) is 34.0. The van der Waals surface area contributed by atoms with Gasteiger partial charge >= 0.3 is 12.2 Å². The summed E-state index contributed by atoms with van der Waals surface area (Å²) in [6.45, 7) is 0.956. The van der Waals surface area contributed by atoms with Gasteiger partial charge in [-0.05, 0) is 68.8 Å². The summed E-state index contributed by atoms with van der Waals surface area (Å²) in [5.74, 6) is -0.417. The smallest absolute Gasteiger partial charge is 0.407 e. The van der Waals surface area contributed by atoms with Crippen molar-refractivity contribution in [3.05, 3.63) is 167 Å². The highest BCUT2D eigenvalue weighted by Crippen LogP contribution is 2.46. The molecule has 0 saturated heterocycles. The maximum Gasteiger partial charge on any atom is 0.407 e. The molecule has 9 rings (SSSR count). The molecule has 0 atom stereocenters. The summed E-state index contributed by atoms with van der Waals surface area (Å²) < 4.78 is 11.4. The van der Waals surface area contributed by atoms with Gasteiger partial charge in [-0.25, -0.2) is 19.6 Å². The van der Waals surface area contributed by atoms with Gasteiger partial charge in [-0.2, -0.15) is 0 Å². The van der Waals surface area contributed by atoms with Gasteiger partial charge in [-0.3, -0.25) is 9.59 Å². The molecule has 1 aromatic heterocycles. The number of nitrogens with zero attached hydrogens (tertiary/aromatic N) is 2. The van der Waals surface area contributed by atoms with Crippen molar-refractivity contribution >= 4 is 96.9 Å². The molecular formula is C52H48B2N8O6S2. The van der Waals surface area contributed by atoms with Crippen LogP contribution < -0.4 is 43.7 Å². The number of alkyl carbamates (subject to hydrolysis) is 2. The van der Waals surface area contributed by atoms with E-state index in [4.69, 9.17) is 20.9 Å². The van der Waals surface area contributed by atoms with Crippen LogP contribution in [0, 0.1) is 0 Å². The molecule has 2 aliphatic carbocycles. The van der Waals surface area contributed by atoms with E-state index in [-0.39, 0.29) is 49.5 Å². The van der Waals surface area contributed by atoms with Crippen LogP contribution in [0.4, 0.5) is 32.3 Å². The van der Waals surface area contributed by atoms with E-state index in [1.807, 2.05) is 64.2 Å². The van der Waals surface area contributed by atoms with Gasteiger partial charge in [0.25, 0.3) is 11.8 Å². The van der Waals surface area contributed by atoms with E-state index in [0.717, 1.165) is 61.8 Å². The predicted molar refractivity (Wildman–Crippen MR) is 284 cm³/mol. The molecule has 1 heterocycles. The zero-order valence-electron chi connectivity index (χ0n) is 38.4. The molecule has 350 valence electrons. The van der Waals surface area contributed by atoms with E-state index in [1.165, 1.54) is 29.6 Å². The Hall–Kier alpha value is -7.69. The lowest BCUT2D eigenvalue weighted by Gasteiger charge is -2.16. The summed E-state index contributed by atoms with van der Waals surface area (Å²) in [5, 5.41) is 11.5. The van der Waals surface area contributed by atoms with Crippen molar-refractivity contribution in [2.75, 3.05) is 59.9 Å². The molecule has 8 N–H and O–H groups in total. The van der Waals surface area contributed by atoms with Crippen LogP contribution in [-0.2, 0) is 9.47 Å². The van der Waals surface area contributed by atoms with Gasteiger partial charge in [-0.1, -0.05) is 108 Å². The number of carbonyl (C=O) groups is 4. The van der Waals surface area contributed by atoms with Crippen LogP contribution in [0.3, 0.4) is 0 Å². The zero-order chi connectivity index (χ0) is 48.7. The topological polar surface area (TPSA) is 213 Å². The Morgan fingerprint density at radius 3 is 1.26 bits per heavy atom. The standard InChI is InChI=1S/C52H48B2N8O6S2/c53-29-21-41(55)47(69-19-17-57-51(65)67-26-39-35-13-5-1-9-31(35)32-10-2-6-14-36(32)39)43(23-29)61-49(63)45-25-46(60-28-59-45)50(64)62-44-24-30(54)22-42(56)48(44)70-20-18-58-52(66)68-27-40-37-15-7-3-11-33(37)34-12-4-8-16-38(34)40/h1-16,21-25,28,39-40H,17-20,26-27,53-56H2,(H,57,65)(H,58,66)(H,61,63)(H,62,64). The van der Waals surface area contributed by atoms with Gasteiger partial charge in [0.2, 0.25) is 0 Å². The third-order valence-electron chi connectivity index (χ3n) is 12.1. The number of nitrogens with one attached hydrogen (secondary N) is 4. The van der Waals surface area contributed by atoms with Crippen molar-refractivity contribution in [2.45, 2.75) is 21.6 Å². The number of aromatic nitrogens is 2. The molecule has 18 heteroatoms. The van der Waals surface area contributed by atoms with E-state index < -0.39 is 24.0 Å². The number of nitrogens with two attached hydrogens (primary N) is 2. The predicted octanol–water partition coefficient (Wildman–Crippen LogP) is 5.92. The summed E-state index contributed by atoms with van der Waals surface area (Å²) in [6.07, 6.45) is 0.0878. The number of carbonyl (C=O) groups excluding carboxylic acids is 4. The third kappa shape index (κ3) is 10.5. The second-order valence-electron chi connectivity index (χ2n) is 16.9. The average Bonchev–Trinajstić information content (AvgIpc) is 3.86. The SMILES string of the molecule is Bc1cc(N)c(SCCNC(=O)OCC2c3ccccc3-c3ccccc32)c(NC(=O)c2cc(C(=O)Nc3cc(B)cc(N)c3SCCNC(=O)OCC3c4ccccc4-c4ccccc43)ncn2)c1. The average molecular weight is 967 g/mol. The van der Waals surface area contributed by atoms with Gasteiger partial charge in [0.15, 0.2) is 0 Å². The second kappa shape index (κ2) is 21.3. The van der Waals surface area contributed by atoms with Gasteiger partial charge < -0.3 is 42.2 Å². The van der Waals surface area contributed by atoms with Crippen molar-refractivity contribution in [3.63, 3.8) is 0 Å². The van der Waals surface area contributed by atoms with Crippen LogP contribution in [0.2, 0.25) is 0 Å². The van der Waals surface area contributed by atoms with Crippen molar-refractivity contribution in [3.8, 4) is 22.3 Å². The number of benzene rings is 6. The monoisotopic (exact) mass is 966 g/mol. The fourth-order valence-corrected chi connectivity index (χ4v) is 10.8. The van der Waals surface area contributed by atoms with Crippen molar-refractivity contribution < 1.29 is 28.7 Å². The summed E-state index contributed by atoms with van der Waals surface area (Å²) in [5.41, 5.74) is 25.4. The van der Waals surface area contributed by atoms with Crippen LogP contribution in [0.5, 0.6) is 0 Å². The highest BCUT2D eigenvalue weighted by atomic mass is 32.2. The molecule has 0 fully saturated rings. The Morgan fingerprint density at radius 1 is 0.529 bits per heavy atom. The summed E-state index contributed by atoms with van der Waals surface area (Å²) >= 11 is 2.73. The minimum Gasteiger partial charge on any atom is -0.449 e. The Morgan fingerprint density at radius 2 is 0.886 bits per heavy atom. The first-order valence-electron chi connectivity index (χ1n) is 22.7. The number of nitrogen functional groups attached to an aromatic ring is 2. The molecule has 6 aromatic carbocycles. The molecule has 14 nitrogen and oxygen atoms in total. The molecule has 2 aliphatic rings. The summed E-state index contributed by atoms with van der Waals surface area (Å²) in [6, 6.07) is 41.1. The van der Waals surface area contributed by atoms with E-state index in [9.17, 15) is 19.2 Å². The zero-order valence-corrected chi connectivity index (χ0v) is 40.0. The molecule has 70 heavy (non-hydrogen) atoms. The number of hydrogen-bond acceptors (Lipinski definition) is 12. The number of ether oxygens (including phenoxy) is 2. The number of anilines is 4. The van der Waals surface area contributed by atoms with E-state index in [0.29, 0.717) is 44.0 Å². The number of amides is 4. The largest absolute Gasteiger partial charge is 0.449 e. The van der Waals surface area contributed by atoms with Crippen molar-refractivity contribution in [1.29, 1.82) is 0 Å². The number of fused-ring (bicyclic) bond motifs is 6. The summed E-state index contributed by atoms with van der Waals surface area (Å²) in [4.78, 5) is 62.6. The maximum atomic E-state index is 13.7. The molecule has 0 bridgehead atoms. The number of hydrogen-bond donors (Lipinski definition) is 6. The Kier molecular flexibility index (Phi) is 14.4. The van der Waals surface area contributed by atoms with Crippen LogP contribution >= 0.6 is 23.5 Å². The number of rotatable bonds is 16. The Bertz CT molecular complexity index is 2870. The number of thioether (sulfide) groups is 2. The van der Waals surface area contributed by atoms with Crippen molar-refractivity contribution in [1.82, 2.24) is 20.6 Å². The maximum absolute atomic E-state index is 13.7. The quantitative estimate of drug-likeness (QED) is 0.0288. The molecule has 0 spiro atoms. The molecular weight excluding hydrogens is 918 g/mol. The van der Waals surface area contributed by atoms with Gasteiger partial charge in [-0.15, -0.1) is 23.5 Å². The van der Waals surface area contributed by atoms with Crippen LogP contribution in [0.1, 0.15) is 55.1 Å². The lowest BCUT2D eigenvalue weighted by Crippen LogP contribution is -2.28. The van der Waals surface area contributed by atoms with Gasteiger partial charge in [0.05, 0.1) is 21.2 Å². The molecule has 0 aliphatic heterocycles. The van der Waals surface area contributed by atoms with Gasteiger partial charge in [0, 0.05) is 53.9 Å². The third-order valence-corrected chi connectivity index (χ3v) is 14.4. The highest BCUT2D eigenvalue weighted by Gasteiger charge is 2.30. The minimum atomic E-state index is -0.583. The van der Waals surface area contributed by atoms with E-state index in [2.05, 4.69) is 79.8 Å². The molecule has 0 unspecified atom stereocenters. The molecule has 4 amide bonds. The molecule has 0 radical (unpaired) electrons. The second-order valence-corrected chi connectivity index (χ2v) is 19.1. The van der Waals surface area contributed by atoms with Crippen LogP contribution in [0.15, 0.2) is 144 Å². The Balaban J connectivity index is 0.765. The molecule has 7 aromatic rings. The fourth-order valence-electron chi connectivity index (χ4n) is 9.00. The lowest BCUT2D eigenvalue weighted by atomic mass is 9.95. The van der Waals surface area contributed by atoms with Crippen molar-refractivity contribution in [2.24, 2.45) is 0 Å². The fraction of sp³-hybridized carbons (Fsp3) is 0.154. The minimum absolute atomic E-state index is 0.0502. The normalized spacial score (nSPS) is 12.2. The van der Waals surface area contributed by atoms with Crippen LogP contribution in [0.25, 0.3) is 22.3 Å². The summed E-state index contributed by atoms with van der Waals surface area (Å²) in [7, 11) is 3.72. The van der Waals surface area contributed by atoms with E-state index in [1.54, 1.807) is 24.3 Å². The van der Waals surface area contributed by atoms with Gasteiger partial charge in [0.1, 0.15) is 46.6 Å². The first kappa shape index (κ1) is 47.4. The van der Waals surface area contributed by atoms with Crippen LogP contribution in [-0.4, -0.2) is 87.5 Å². The molecule has 0 saturated carbocycles. The first-order valence-corrected chi connectivity index (χ1v) is 24.7. The highest BCUT2D eigenvalue weighted by molar-refractivity contribution is 7.99. The van der Waals surface area contributed by atoms with E-state index >= 15 is 0 Å². The lowest BCUT2D eigenvalue weighted by molar-refractivity contribution is 0.102.